The van der Waals surface area contributed by atoms with Crippen LogP contribution in [0.4, 0.5) is 0 Å². The van der Waals surface area contributed by atoms with Crippen molar-refractivity contribution in [3.05, 3.63) is 22.2 Å². The molecule has 19 heavy (non-hydrogen) atoms. The van der Waals surface area contributed by atoms with Crippen LogP contribution in [0.5, 0.6) is 11.5 Å². The fourth-order valence-corrected chi connectivity index (χ4v) is 3.14. The molecule has 1 N–H and O–H groups in total. The molecule has 1 atom stereocenters. The minimum absolute atomic E-state index is 0.325. The number of rotatable bonds is 3. The Morgan fingerprint density at radius 1 is 1.37 bits per heavy atom. The van der Waals surface area contributed by atoms with Gasteiger partial charge in [-0.05, 0) is 44.1 Å². The molecule has 0 aliphatic carbocycles. The molecular weight excluding hydrogens is 308 g/mol. The maximum absolute atomic E-state index is 5.42. The van der Waals surface area contributed by atoms with Crippen molar-refractivity contribution in [3.63, 3.8) is 0 Å². The predicted molar refractivity (Wildman–Crippen MR) is 77.6 cm³/mol. The summed E-state index contributed by atoms with van der Waals surface area (Å²) in [5, 5.41) is 3.63. The molecule has 0 saturated carbocycles. The van der Waals surface area contributed by atoms with Crippen LogP contribution in [0, 0.1) is 0 Å². The molecule has 104 valence electrons. The molecule has 2 aliphatic heterocycles. The lowest BCUT2D eigenvalue weighted by atomic mass is 10.1. The van der Waals surface area contributed by atoms with Crippen molar-refractivity contribution >= 4 is 15.9 Å². The normalized spacial score (nSPS) is 22.7. The number of fused-ring (bicyclic) bond motifs is 1. The smallest absolute Gasteiger partial charge is 0.231 e. The molecule has 0 spiro atoms. The standard InChI is InChI=1S/C14H19BrN2O2/c1-17-4-2-3-11(8-17)16-7-10-5-13-14(6-12(10)15)19-9-18-13/h5-6,11,16H,2-4,7-9H2,1H3. The van der Waals surface area contributed by atoms with Gasteiger partial charge in [0.15, 0.2) is 11.5 Å². The lowest BCUT2D eigenvalue weighted by Crippen LogP contribution is -2.43. The third kappa shape index (κ3) is 3.04. The fraction of sp³-hybridized carbons (Fsp3) is 0.571. The molecule has 0 aromatic heterocycles. The number of hydrogen-bond donors (Lipinski definition) is 1. The van der Waals surface area contributed by atoms with Crippen LogP contribution in [-0.4, -0.2) is 37.9 Å². The Balaban J connectivity index is 1.63. The van der Waals surface area contributed by atoms with Gasteiger partial charge in [0, 0.05) is 23.6 Å². The van der Waals surface area contributed by atoms with E-state index in [0.29, 0.717) is 12.8 Å². The number of hydrogen-bond acceptors (Lipinski definition) is 4. The van der Waals surface area contributed by atoms with Crippen molar-refractivity contribution < 1.29 is 9.47 Å². The van der Waals surface area contributed by atoms with Crippen molar-refractivity contribution in [2.24, 2.45) is 0 Å². The quantitative estimate of drug-likeness (QED) is 0.924. The van der Waals surface area contributed by atoms with Crippen LogP contribution in [0.2, 0.25) is 0 Å². The summed E-state index contributed by atoms with van der Waals surface area (Å²) in [5.41, 5.74) is 1.22. The summed E-state index contributed by atoms with van der Waals surface area (Å²) in [7, 11) is 2.18. The predicted octanol–water partition coefficient (Wildman–Crippen LogP) is 2.36. The van der Waals surface area contributed by atoms with E-state index in [1.54, 1.807) is 0 Å². The molecule has 0 bridgehead atoms. The Labute approximate surface area is 122 Å². The van der Waals surface area contributed by atoms with E-state index < -0.39 is 0 Å². The Morgan fingerprint density at radius 2 is 2.16 bits per heavy atom. The van der Waals surface area contributed by atoms with Gasteiger partial charge >= 0.3 is 0 Å². The van der Waals surface area contributed by atoms with Gasteiger partial charge in [0.2, 0.25) is 6.79 Å². The van der Waals surface area contributed by atoms with Gasteiger partial charge < -0.3 is 19.7 Å². The van der Waals surface area contributed by atoms with Gasteiger partial charge in [-0.1, -0.05) is 15.9 Å². The number of halogens is 1. The summed E-state index contributed by atoms with van der Waals surface area (Å²) >= 11 is 3.60. The number of nitrogens with zero attached hydrogens (tertiary/aromatic N) is 1. The number of ether oxygens (including phenoxy) is 2. The largest absolute Gasteiger partial charge is 0.454 e. The molecule has 1 saturated heterocycles. The van der Waals surface area contributed by atoms with Gasteiger partial charge in [0.1, 0.15) is 0 Å². The van der Waals surface area contributed by atoms with Gasteiger partial charge in [-0.2, -0.15) is 0 Å². The highest BCUT2D eigenvalue weighted by Gasteiger charge is 2.19. The zero-order valence-corrected chi connectivity index (χ0v) is 12.7. The van der Waals surface area contributed by atoms with Crippen LogP contribution in [0.3, 0.4) is 0 Å². The summed E-state index contributed by atoms with van der Waals surface area (Å²) in [6.45, 7) is 3.52. The first-order chi connectivity index (χ1) is 9.22. The van der Waals surface area contributed by atoms with Crippen LogP contribution in [0.25, 0.3) is 0 Å². The van der Waals surface area contributed by atoms with Crippen molar-refractivity contribution in [1.29, 1.82) is 0 Å². The highest BCUT2D eigenvalue weighted by molar-refractivity contribution is 9.10. The van der Waals surface area contributed by atoms with Crippen LogP contribution in [-0.2, 0) is 6.54 Å². The minimum Gasteiger partial charge on any atom is -0.454 e. The van der Waals surface area contributed by atoms with E-state index >= 15 is 0 Å². The number of likely N-dealkylation sites (tertiary alicyclic amines) is 1. The van der Waals surface area contributed by atoms with Crippen molar-refractivity contribution in [2.45, 2.75) is 25.4 Å². The van der Waals surface area contributed by atoms with Crippen molar-refractivity contribution in [2.75, 3.05) is 26.9 Å². The summed E-state index contributed by atoms with van der Waals surface area (Å²) in [4.78, 5) is 2.38. The third-order valence-corrected chi connectivity index (χ3v) is 4.49. The van der Waals surface area contributed by atoms with E-state index in [1.807, 2.05) is 6.07 Å². The van der Waals surface area contributed by atoms with Gasteiger partial charge in [-0.15, -0.1) is 0 Å². The average molecular weight is 327 g/mol. The Morgan fingerprint density at radius 3 is 2.95 bits per heavy atom. The monoisotopic (exact) mass is 326 g/mol. The van der Waals surface area contributed by atoms with E-state index in [1.165, 1.54) is 24.9 Å². The Kier molecular flexibility index (Phi) is 3.96. The molecule has 1 fully saturated rings. The summed E-state index contributed by atoms with van der Waals surface area (Å²) in [5.74, 6) is 1.67. The topological polar surface area (TPSA) is 33.7 Å². The SMILES string of the molecule is CN1CCCC(NCc2cc3c(cc2Br)OCO3)C1. The number of likely N-dealkylation sites (N-methyl/N-ethyl adjacent to an activating group) is 1. The van der Waals surface area contributed by atoms with Gasteiger partial charge in [0.25, 0.3) is 0 Å². The molecule has 1 aromatic rings. The Hall–Kier alpha value is -0.780. The van der Waals surface area contributed by atoms with E-state index in [-0.39, 0.29) is 0 Å². The number of nitrogens with one attached hydrogen (secondary N) is 1. The van der Waals surface area contributed by atoms with Crippen LogP contribution in [0.15, 0.2) is 16.6 Å². The molecule has 4 nitrogen and oxygen atoms in total. The highest BCUT2D eigenvalue weighted by atomic mass is 79.9. The van der Waals surface area contributed by atoms with Gasteiger partial charge in [0.05, 0.1) is 0 Å². The second-order valence-corrected chi connectivity index (χ2v) is 6.13. The van der Waals surface area contributed by atoms with E-state index in [0.717, 1.165) is 29.1 Å². The molecule has 2 aliphatic rings. The molecule has 0 radical (unpaired) electrons. The molecule has 5 heteroatoms. The maximum atomic E-state index is 5.42. The summed E-state index contributed by atoms with van der Waals surface area (Å²) in [6, 6.07) is 4.63. The second-order valence-electron chi connectivity index (χ2n) is 5.28. The Bertz CT molecular complexity index is 467. The lowest BCUT2D eigenvalue weighted by molar-refractivity contribution is 0.174. The molecular formula is C14H19BrN2O2. The van der Waals surface area contributed by atoms with E-state index in [9.17, 15) is 0 Å². The molecule has 1 unspecified atom stereocenters. The third-order valence-electron chi connectivity index (χ3n) is 3.75. The van der Waals surface area contributed by atoms with E-state index in [2.05, 4.69) is 39.3 Å². The average Bonchev–Trinajstić information content (AvgIpc) is 2.83. The molecule has 0 amide bonds. The lowest BCUT2D eigenvalue weighted by Gasteiger charge is -2.30. The zero-order valence-electron chi connectivity index (χ0n) is 11.1. The first-order valence-corrected chi connectivity index (χ1v) is 7.51. The second kappa shape index (κ2) is 5.69. The van der Waals surface area contributed by atoms with Crippen LogP contribution >= 0.6 is 15.9 Å². The zero-order chi connectivity index (χ0) is 13.2. The molecule has 2 heterocycles. The van der Waals surface area contributed by atoms with Crippen molar-refractivity contribution in [3.8, 4) is 11.5 Å². The van der Waals surface area contributed by atoms with Crippen molar-refractivity contribution in [1.82, 2.24) is 10.2 Å². The number of benzene rings is 1. The maximum Gasteiger partial charge on any atom is 0.231 e. The minimum atomic E-state index is 0.325. The molecule has 3 rings (SSSR count). The summed E-state index contributed by atoms with van der Waals surface area (Å²) in [6.07, 6.45) is 2.53. The summed E-state index contributed by atoms with van der Waals surface area (Å²) < 4.78 is 11.9. The van der Waals surface area contributed by atoms with Crippen LogP contribution in [0.1, 0.15) is 18.4 Å². The van der Waals surface area contributed by atoms with E-state index in [4.69, 9.17) is 9.47 Å². The number of piperidine rings is 1. The highest BCUT2D eigenvalue weighted by Crippen LogP contribution is 2.36. The fourth-order valence-electron chi connectivity index (χ4n) is 2.68. The van der Waals surface area contributed by atoms with Gasteiger partial charge in [-0.25, -0.2) is 0 Å². The first kappa shape index (κ1) is 13.2. The van der Waals surface area contributed by atoms with Gasteiger partial charge in [-0.3, -0.25) is 0 Å². The molecule has 1 aromatic carbocycles. The van der Waals surface area contributed by atoms with Crippen LogP contribution < -0.4 is 14.8 Å². The first-order valence-electron chi connectivity index (χ1n) is 6.72.